The highest BCUT2D eigenvalue weighted by atomic mass is 32.2. The van der Waals surface area contributed by atoms with Crippen LogP contribution in [0.15, 0.2) is 65.6 Å². The van der Waals surface area contributed by atoms with Gasteiger partial charge in [0.15, 0.2) is 0 Å². The molecule has 0 aliphatic carbocycles. The van der Waals surface area contributed by atoms with E-state index < -0.39 is 0 Å². The van der Waals surface area contributed by atoms with Crippen molar-refractivity contribution >= 4 is 17.4 Å². The third-order valence-corrected chi connectivity index (χ3v) is 4.76. The van der Waals surface area contributed by atoms with Crippen LogP contribution in [0.4, 0.5) is 0 Å². The van der Waals surface area contributed by atoms with E-state index in [0.717, 1.165) is 30.3 Å². The summed E-state index contributed by atoms with van der Waals surface area (Å²) in [7, 11) is 2.13. The molecule has 0 aliphatic rings. The molecule has 24 heavy (non-hydrogen) atoms. The zero-order valence-corrected chi connectivity index (χ0v) is 14.6. The van der Waals surface area contributed by atoms with E-state index in [1.807, 2.05) is 36.0 Å². The fourth-order valence-corrected chi connectivity index (χ4v) is 3.49. The van der Waals surface area contributed by atoms with Gasteiger partial charge >= 0.3 is 0 Å². The topological polar surface area (TPSA) is 37.6 Å². The lowest BCUT2D eigenvalue weighted by Gasteiger charge is -2.16. The summed E-state index contributed by atoms with van der Waals surface area (Å²) in [5.74, 6) is 1.78. The van der Waals surface area contributed by atoms with Crippen LogP contribution in [-0.4, -0.2) is 33.6 Å². The van der Waals surface area contributed by atoms with Crippen molar-refractivity contribution in [1.29, 1.82) is 0 Å². The van der Waals surface area contributed by atoms with Gasteiger partial charge in [0.05, 0.1) is 5.69 Å². The number of fused-ring (bicyclic) bond motifs is 1. The summed E-state index contributed by atoms with van der Waals surface area (Å²) in [6, 6.07) is 17.7. The highest BCUT2D eigenvalue weighted by Gasteiger charge is 2.03. The summed E-state index contributed by atoms with van der Waals surface area (Å²) in [5, 5.41) is 0. The Kier molecular flexibility index (Phi) is 5.67. The number of hydrogen-bond acceptors (Lipinski definition) is 4. The lowest BCUT2D eigenvalue weighted by atomic mass is 10.2. The average molecular weight is 339 g/mol. The van der Waals surface area contributed by atoms with Gasteiger partial charge in [-0.15, -0.1) is 0 Å². The molecule has 2 aromatic heterocycles. The number of pyridine rings is 1. The molecule has 4 nitrogen and oxygen atoms in total. The fraction of sp³-hybridized carbons (Fsp3) is 0.263. The molecule has 5 heteroatoms. The van der Waals surface area contributed by atoms with Crippen LogP contribution in [0.1, 0.15) is 11.3 Å². The third kappa shape index (κ3) is 4.46. The standard InChI is InChI=1S/C19H21N3OS/c1-21(14-16-7-3-2-4-8-16)11-12-24-15-17-13-19(23)22-10-6-5-9-18(22)20-17/h2-10,13H,11-12,14-15H2,1H3. The number of rotatable bonds is 7. The van der Waals surface area contributed by atoms with Crippen molar-refractivity contribution in [3.05, 3.63) is 82.4 Å². The van der Waals surface area contributed by atoms with Gasteiger partial charge in [0, 0.05) is 36.9 Å². The first-order chi connectivity index (χ1) is 11.7. The maximum atomic E-state index is 12.0. The van der Waals surface area contributed by atoms with Crippen molar-refractivity contribution in [2.75, 3.05) is 19.3 Å². The molecule has 124 valence electrons. The van der Waals surface area contributed by atoms with Gasteiger partial charge in [-0.05, 0) is 24.7 Å². The highest BCUT2D eigenvalue weighted by Crippen LogP contribution is 2.11. The minimum absolute atomic E-state index is 0.0163. The van der Waals surface area contributed by atoms with Crippen molar-refractivity contribution in [2.45, 2.75) is 12.3 Å². The van der Waals surface area contributed by atoms with E-state index in [1.54, 1.807) is 16.7 Å². The lowest BCUT2D eigenvalue weighted by molar-refractivity contribution is 0.348. The lowest BCUT2D eigenvalue weighted by Crippen LogP contribution is -2.20. The Morgan fingerprint density at radius 1 is 1.12 bits per heavy atom. The van der Waals surface area contributed by atoms with Crippen molar-refractivity contribution in [3.8, 4) is 0 Å². The van der Waals surface area contributed by atoms with Crippen LogP contribution in [0, 0.1) is 0 Å². The fourth-order valence-electron chi connectivity index (χ4n) is 2.55. The number of thioether (sulfide) groups is 1. The highest BCUT2D eigenvalue weighted by molar-refractivity contribution is 7.98. The van der Waals surface area contributed by atoms with Gasteiger partial charge in [-0.1, -0.05) is 36.4 Å². The van der Waals surface area contributed by atoms with E-state index in [0.29, 0.717) is 5.65 Å². The van der Waals surface area contributed by atoms with Crippen LogP contribution in [-0.2, 0) is 12.3 Å². The third-order valence-electron chi connectivity index (χ3n) is 3.79. The molecular formula is C19H21N3OS. The number of nitrogens with zero attached hydrogens (tertiary/aromatic N) is 3. The Balaban J connectivity index is 1.49. The molecule has 0 atom stereocenters. The van der Waals surface area contributed by atoms with Gasteiger partial charge in [0.2, 0.25) is 0 Å². The maximum Gasteiger partial charge on any atom is 0.258 e. The van der Waals surface area contributed by atoms with Crippen LogP contribution in [0.5, 0.6) is 0 Å². The number of hydrogen-bond donors (Lipinski definition) is 0. The molecule has 0 amide bonds. The predicted octanol–water partition coefficient (Wildman–Crippen LogP) is 3.06. The molecule has 0 radical (unpaired) electrons. The largest absolute Gasteiger partial charge is 0.301 e. The molecule has 0 saturated heterocycles. The van der Waals surface area contributed by atoms with E-state index in [2.05, 4.69) is 41.2 Å². The average Bonchev–Trinajstić information content (AvgIpc) is 2.60. The zero-order chi connectivity index (χ0) is 16.8. The molecule has 1 aromatic carbocycles. The van der Waals surface area contributed by atoms with Crippen molar-refractivity contribution < 1.29 is 0 Å². The van der Waals surface area contributed by atoms with E-state index in [4.69, 9.17) is 0 Å². The van der Waals surface area contributed by atoms with Crippen LogP contribution < -0.4 is 5.56 Å². The molecule has 0 unspecified atom stereocenters. The predicted molar refractivity (Wildman–Crippen MR) is 100 cm³/mol. The zero-order valence-electron chi connectivity index (χ0n) is 13.8. The van der Waals surface area contributed by atoms with Crippen LogP contribution >= 0.6 is 11.8 Å². The molecule has 3 rings (SSSR count). The SMILES string of the molecule is CN(CCSCc1cc(=O)n2ccccc2n1)Cc1ccccc1. The maximum absolute atomic E-state index is 12.0. The quantitative estimate of drug-likeness (QED) is 0.620. The van der Waals surface area contributed by atoms with E-state index >= 15 is 0 Å². The summed E-state index contributed by atoms with van der Waals surface area (Å²) >= 11 is 1.81. The first-order valence-corrected chi connectivity index (χ1v) is 9.15. The summed E-state index contributed by atoms with van der Waals surface area (Å²) in [4.78, 5) is 18.9. The minimum Gasteiger partial charge on any atom is -0.301 e. The van der Waals surface area contributed by atoms with Gasteiger partial charge in [-0.3, -0.25) is 9.20 Å². The molecular weight excluding hydrogens is 318 g/mol. The summed E-state index contributed by atoms with van der Waals surface area (Å²) in [6.45, 7) is 1.96. The van der Waals surface area contributed by atoms with Crippen LogP contribution in [0.25, 0.3) is 5.65 Å². The van der Waals surface area contributed by atoms with Gasteiger partial charge in [0.25, 0.3) is 5.56 Å². The first-order valence-electron chi connectivity index (χ1n) is 8.00. The summed E-state index contributed by atoms with van der Waals surface area (Å²) in [6.07, 6.45) is 1.75. The normalized spacial score (nSPS) is 11.2. The van der Waals surface area contributed by atoms with Gasteiger partial charge in [0.1, 0.15) is 5.65 Å². The molecule has 0 fully saturated rings. The summed E-state index contributed by atoms with van der Waals surface area (Å²) < 4.78 is 1.57. The minimum atomic E-state index is -0.0163. The second kappa shape index (κ2) is 8.13. The molecule has 0 bridgehead atoms. The molecule has 0 N–H and O–H groups in total. The Hall–Kier alpha value is -2.11. The smallest absolute Gasteiger partial charge is 0.258 e. The number of benzene rings is 1. The van der Waals surface area contributed by atoms with Crippen LogP contribution in [0.3, 0.4) is 0 Å². The van der Waals surface area contributed by atoms with Gasteiger partial charge in [-0.25, -0.2) is 4.98 Å². The Bertz CT molecular complexity index is 848. The van der Waals surface area contributed by atoms with Crippen LogP contribution in [0.2, 0.25) is 0 Å². The number of aromatic nitrogens is 2. The molecule has 0 aliphatic heterocycles. The van der Waals surface area contributed by atoms with Crippen molar-refractivity contribution in [3.63, 3.8) is 0 Å². The Morgan fingerprint density at radius 2 is 1.92 bits per heavy atom. The Labute approximate surface area is 146 Å². The van der Waals surface area contributed by atoms with Gasteiger partial charge < -0.3 is 4.90 Å². The molecule has 3 aromatic rings. The first kappa shape index (κ1) is 16.7. The monoisotopic (exact) mass is 339 g/mol. The van der Waals surface area contributed by atoms with Crippen molar-refractivity contribution in [2.24, 2.45) is 0 Å². The molecule has 0 spiro atoms. The van der Waals surface area contributed by atoms with E-state index in [1.165, 1.54) is 5.56 Å². The van der Waals surface area contributed by atoms with Crippen molar-refractivity contribution in [1.82, 2.24) is 14.3 Å². The van der Waals surface area contributed by atoms with E-state index in [-0.39, 0.29) is 5.56 Å². The second-order valence-corrected chi connectivity index (χ2v) is 6.90. The molecule has 0 saturated carbocycles. The second-order valence-electron chi connectivity index (χ2n) is 5.79. The summed E-state index contributed by atoms with van der Waals surface area (Å²) in [5.41, 5.74) is 2.87. The van der Waals surface area contributed by atoms with E-state index in [9.17, 15) is 4.79 Å². The van der Waals surface area contributed by atoms with Gasteiger partial charge in [-0.2, -0.15) is 11.8 Å². The molecule has 2 heterocycles. The Morgan fingerprint density at radius 3 is 2.75 bits per heavy atom.